The lowest BCUT2D eigenvalue weighted by Gasteiger charge is -2.19. The first-order chi connectivity index (χ1) is 15.3. The molecule has 0 saturated carbocycles. The second kappa shape index (κ2) is 10.5. The van der Waals surface area contributed by atoms with Crippen molar-refractivity contribution < 1.29 is 24.6 Å². The summed E-state index contributed by atoms with van der Waals surface area (Å²) in [4.78, 5) is 38.3. The van der Waals surface area contributed by atoms with E-state index in [4.69, 9.17) is 10.2 Å². The molecule has 32 heavy (non-hydrogen) atoms. The van der Waals surface area contributed by atoms with Gasteiger partial charge >= 0.3 is 11.9 Å². The van der Waals surface area contributed by atoms with Crippen LogP contribution in [0.4, 0.5) is 11.4 Å². The van der Waals surface area contributed by atoms with Gasteiger partial charge < -0.3 is 25.7 Å². The number of aryl methyl sites for hydroxylation is 1. The van der Waals surface area contributed by atoms with Crippen molar-refractivity contribution in [2.45, 2.75) is 6.92 Å². The number of nitrogens with one attached hydrogen (secondary N) is 2. The topological polar surface area (TPSA) is 132 Å². The number of carbonyl (C=O) groups excluding carboxylic acids is 1. The summed E-state index contributed by atoms with van der Waals surface area (Å²) in [6.07, 6.45) is 4.61. The highest BCUT2D eigenvalue weighted by Crippen LogP contribution is 2.30. The molecule has 1 aromatic carbocycles. The highest BCUT2D eigenvalue weighted by molar-refractivity contribution is 6.04. The number of aromatic nitrogens is 1. The van der Waals surface area contributed by atoms with Gasteiger partial charge in [0.15, 0.2) is 0 Å². The molecule has 2 saturated heterocycles. The summed E-state index contributed by atoms with van der Waals surface area (Å²) in [6.45, 7) is 6.30. The summed E-state index contributed by atoms with van der Waals surface area (Å²) in [5.74, 6) is -1.19. The number of rotatable bonds is 5. The minimum Gasteiger partial charge on any atom is -0.478 e. The number of benzene rings is 1. The van der Waals surface area contributed by atoms with Gasteiger partial charge in [-0.1, -0.05) is 12.1 Å². The summed E-state index contributed by atoms with van der Waals surface area (Å²) < 4.78 is 0. The van der Waals surface area contributed by atoms with Gasteiger partial charge in [-0.2, -0.15) is 0 Å². The van der Waals surface area contributed by atoms with Crippen molar-refractivity contribution in [3.63, 3.8) is 0 Å². The minimum absolute atomic E-state index is 0.115. The van der Waals surface area contributed by atoms with Crippen molar-refractivity contribution in [1.29, 1.82) is 0 Å². The Labute approximate surface area is 185 Å². The molecule has 1 amide bonds. The molecule has 0 aliphatic carbocycles. The van der Waals surface area contributed by atoms with Gasteiger partial charge in [0.2, 0.25) is 0 Å². The smallest absolute Gasteiger partial charge is 0.328 e. The highest BCUT2D eigenvalue weighted by atomic mass is 16.4. The van der Waals surface area contributed by atoms with E-state index in [0.29, 0.717) is 17.7 Å². The van der Waals surface area contributed by atoms with Crippen molar-refractivity contribution >= 4 is 29.2 Å². The van der Waals surface area contributed by atoms with Gasteiger partial charge in [-0.05, 0) is 42.5 Å². The van der Waals surface area contributed by atoms with Crippen LogP contribution in [-0.2, 0) is 9.59 Å². The Morgan fingerprint density at radius 1 is 1.06 bits per heavy atom. The third kappa shape index (κ3) is 6.39. The van der Waals surface area contributed by atoms with E-state index >= 15 is 0 Å². The molecule has 4 rings (SSSR count). The Morgan fingerprint density at radius 3 is 2.31 bits per heavy atom. The Balaban J connectivity index is 0.000000312. The Morgan fingerprint density at radius 2 is 1.72 bits per heavy atom. The zero-order valence-electron chi connectivity index (χ0n) is 17.7. The first kappa shape index (κ1) is 23.0. The summed E-state index contributed by atoms with van der Waals surface area (Å²) in [7, 11) is 0. The van der Waals surface area contributed by atoms with E-state index in [1.165, 1.54) is 0 Å². The average molecular weight is 438 g/mol. The predicted octanol–water partition coefficient (Wildman–Crippen LogP) is 2.01. The summed E-state index contributed by atoms with van der Waals surface area (Å²) in [6, 6.07) is 9.76. The molecule has 4 N–H and O–H groups in total. The molecule has 2 aliphatic heterocycles. The lowest BCUT2D eigenvalue weighted by Crippen LogP contribution is -2.26. The van der Waals surface area contributed by atoms with Gasteiger partial charge in [0, 0.05) is 50.2 Å². The van der Waals surface area contributed by atoms with Crippen LogP contribution >= 0.6 is 0 Å². The van der Waals surface area contributed by atoms with Crippen LogP contribution in [0.3, 0.4) is 0 Å². The number of carbonyl (C=O) groups is 3. The molecule has 2 aromatic rings. The summed E-state index contributed by atoms with van der Waals surface area (Å²) in [5.41, 5.74) is 3.58. The molecule has 2 atom stereocenters. The van der Waals surface area contributed by atoms with E-state index < -0.39 is 11.9 Å². The van der Waals surface area contributed by atoms with E-state index in [0.717, 1.165) is 55.0 Å². The van der Waals surface area contributed by atoms with Gasteiger partial charge in [-0.3, -0.25) is 9.78 Å². The quantitative estimate of drug-likeness (QED) is 0.521. The molecule has 1 aromatic heterocycles. The highest BCUT2D eigenvalue weighted by Gasteiger charge is 2.36. The van der Waals surface area contributed by atoms with Crippen LogP contribution in [0.1, 0.15) is 15.9 Å². The largest absolute Gasteiger partial charge is 0.478 e. The molecule has 3 heterocycles. The fourth-order valence-electron chi connectivity index (χ4n) is 3.86. The average Bonchev–Trinajstić information content (AvgIpc) is 3.35. The van der Waals surface area contributed by atoms with Gasteiger partial charge in [0.25, 0.3) is 5.91 Å². The standard InChI is InChI=1S/C19H22N4O.C4H4O4/c1-13-3-2-4-17(5-13)22-19(24)14-6-18(10-21-7-14)23-11-15-8-20-9-16(15)12-23;5-3(6)1-2-4(7)8/h2-7,10,15-16,20H,8-9,11-12H2,1H3,(H,22,24);1-2H,(H,5,6)(H,7,8)/b;2-1+/t15-,16+;. The molecule has 0 unspecified atom stereocenters. The van der Waals surface area contributed by atoms with Gasteiger partial charge in [-0.25, -0.2) is 9.59 Å². The Kier molecular flexibility index (Phi) is 7.56. The second-order valence-corrected chi connectivity index (χ2v) is 7.85. The molecular formula is C23H26N4O5. The van der Waals surface area contributed by atoms with E-state index in [1.54, 1.807) is 6.20 Å². The number of hydrogen-bond donors (Lipinski definition) is 4. The number of fused-ring (bicyclic) bond motifs is 1. The van der Waals surface area contributed by atoms with Crippen molar-refractivity contribution in [1.82, 2.24) is 10.3 Å². The molecule has 2 aliphatic rings. The van der Waals surface area contributed by atoms with Crippen LogP contribution in [0.25, 0.3) is 0 Å². The maximum absolute atomic E-state index is 12.5. The number of nitrogens with zero attached hydrogens (tertiary/aromatic N) is 2. The number of carboxylic acid groups (broad SMARTS) is 2. The van der Waals surface area contributed by atoms with E-state index in [2.05, 4.69) is 20.5 Å². The molecule has 168 valence electrons. The number of amides is 1. The summed E-state index contributed by atoms with van der Waals surface area (Å²) in [5, 5.41) is 22.0. The number of pyridine rings is 1. The number of hydrogen-bond acceptors (Lipinski definition) is 6. The fourth-order valence-corrected chi connectivity index (χ4v) is 3.86. The third-order valence-corrected chi connectivity index (χ3v) is 5.39. The number of aliphatic carboxylic acids is 2. The van der Waals surface area contributed by atoms with Crippen molar-refractivity contribution in [3.05, 3.63) is 66.0 Å². The molecular weight excluding hydrogens is 412 g/mol. The fraction of sp³-hybridized carbons (Fsp3) is 0.304. The van der Waals surface area contributed by atoms with E-state index in [9.17, 15) is 14.4 Å². The molecule has 9 heteroatoms. The number of carboxylic acids is 2. The van der Waals surface area contributed by atoms with Crippen LogP contribution < -0.4 is 15.5 Å². The first-order valence-electron chi connectivity index (χ1n) is 10.2. The maximum atomic E-state index is 12.5. The van der Waals surface area contributed by atoms with E-state index in [-0.39, 0.29) is 5.91 Å². The lowest BCUT2D eigenvalue weighted by molar-refractivity contribution is -0.134. The van der Waals surface area contributed by atoms with Crippen LogP contribution in [0, 0.1) is 18.8 Å². The Bertz CT molecular complexity index is 995. The second-order valence-electron chi connectivity index (χ2n) is 7.85. The molecule has 0 spiro atoms. The molecule has 2 fully saturated rings. The third-order valence-electron chi connectivity index (χ3n) is 5.39. The lowest BCUT2D eigenvalue weighted by atomic mass is 10.0. The monoisotopic (exact) mass is 438 g/mol. The summed E-state index contributed by atoms with van der Waals surface area (Å²) >= 11 is 0. The number of anilines is 2. The van der Waals surface area contributed by atoms with Gasteiger partial charge in [-0.15, -0.1) is 0 Å². The van der Waals surface area contributed by atoms with Crippen LogP contribution in [0.5, 0.6) is 0 Å². The van der Waals surface area contributed by atoms with Crippen molar-refractivity contribution in [2.24, 2.45) is 11.8 Å². The predicted molar refractivity (Wildman–Crippen MR) is 120 cm³/mol. The zero-order chi connectivity index (χ0) is 23.1. The minimum atomic E-state index is -1.26. The van der Waals surface area contributed by atoms with Crippen molar-refractivity contribution in [2.75, 3.05) is 36.4 Å². The normalized spacial score (nSPS) is 19.2. The molecule has 9 nitrogen and oxygen atoms in total. The Hall–Kier alpha value is -3.72. The van der Waals surface area contributed by atoms with Crippen molar-refractivity contribution in [3.8, 4) is 0 Å². The molecule has 0 radical (unpaired) electrons. The zero-order valence-corrected chi connectivity index (χ0v) is 17.7. The van der Waals surface area contributed by atoms with Crippen LogP contribution in [-0.4, -0.2) is 59.2 Å². The molecule has 0 bridgehead atoms. The van der Waals surface area contributed by atoms with Crippen LogP contribution in [0.2, 0.25) is 0 Å². The van der Waals surface area contributed by atoms with Crippen LogP contribution in [0.15, 0.2) is 54.9 Å². The van der Waals surface area contributed by atoms with Gasteiger partial charge in [0.05, 0.1) is 17.4 Å². The van der Waals surface area contributed by atoms with E-state index in [1.807, 2.05) is 43.5 Å². The SMILES string of the molecule is Cc1cccc(NC(=O)c2cncc(N3C[C@H]4CNC[C@H]4C3)c2)c1.O=C(O)/C=C/C(=O)O. The maximum Gasteiger partial charge on any atom is 0.328 e. The first-order valence-corrected chi connectivity index (χ1v) is 10.2. The van der Waals surface area contributed by atoms with Gasteiger partial charge in [0.1, 0.15) is 0 Å².